The lowest BCUT2D eigenvalue weighted by Crippen LogP contribution is -2.30. The standard InChI is InChI=1S/C19H20N2O5S2/c1-26-17-8-7-15(13-16(17)21-18(22)9-10-19(21)23)28(24,25)20-11-12-27-14-5-3-2-4-6-14/h2-8,13,20H,9-12H2,1H3. The van der Waals surface area contributed by atoms with Crippen LogP contribution >= 0.6 is 11.8 Å². The molecule has 1 saturated heterocycles. The van der Waals surface area contributed by atoms with Crippen molar-refractivity contribution < 1.29 is 22.7 Å². The zero-order valence-electron chi connectivity index (χ0n) is 15.3. The molecule has 1 aliphatic rings. The molecule has 0 bridgehead atoms. The van der Waals surface area contributed by atoms with E-state index in [1.54, 1.807) is 11.8 Å². The summed E-state index contributed by atoms with van der Waals surface area (Å²) in [5, 5.41) is 0. The van der Waals surface area contributed by atoms with Gasteiger partial charge in [-0.2, -0.15) is 0 Å². The van der Waals surface area contributed by atoms with Crippen LogP contribution in [-0.4, -0.2) is 39.6 Å². The molecule has 28 heavy (non-hydrogen) atoms. The molecule has 0 spiro atoms. The van der Waals surface area contributed by atoms with Gasteiger partial charge in [-0.05, 0) is 30.3 Å². The van der Waals surface area contributed by atoms with Gasteiger partial charge in [0.25, 0.3) is 0 Å². The van der Waals surface area contributed by atoms with Crippen LogP contribution in [0.3, 0.4) is 0 Å². The molecule has 7 nitrogen and oxygen atoms in total. The Labute approximate surface area is 168 Å². The predicted molar refractivity (Wildman–Crippen MR) is 107 cm³/mol. The lowest BCUT2D eigenvalue weighted by molar-refractivity contribution is -0.121. The fraction of sp³-hybridized carbons (Fsp3) is 0.263. The number of imide groups is 1. The Morgan fingerprint density at radius 2 is 1.75 bits per heavy atom. The van der Waals surface area contributed by atoms with Crippen LogP contribution < -0.4 is 14.4 Å². The Bertz CT molecular complexity index is 961. The van der Waals surface area contributed by atoms with E-state index in [2.05, 4.69) is 4.72 Å². The molecule has 1 aliphatic heterocycles. The summed E-state index contributed by atoms with van der Waals surface area (Å²) in [6.07, 6.45) is 0.210. The maximum atomic E-state index is 12.6. The van der Waals surface area contributed by atoms with Crippen molar-refractivity contribution in [3.63, 3.8) is 0 Å². The minimum Gasteiger partial charge on any atom is -0.495 e. The number of anilines is 1. The molecule has 2 aromatic carbocycles. The van der Waals surface area contributed by atoms with E-state index in [9.17, 15) is 18.0 Å². The number of hydrogen-bond acceptors (Lipinski definition) is 6. The number of carbonyl (C=O) groups excluding carboxylic acids is 2. The highest BCUT2D eigenvalue weighted by Crippen LogP contribution is 2.34. The highest BCUT2D eigenvalue weighted by Gasteiger charge is 2.33. The van der Waals surface area contributed by atoms with Crippen LogP contribution in [0.4, 0.5) is 5.69 Å². The van der Waals surface area contributed by atoms with Gasteiger partial charge < -0.3 is 4.74 Å². The van der Waals surface area contributed by atoms with E-state index in [1.807, 2.05) is 30.3 Å². The Hall–Kier alpha value is -2.36. The monoisotopic (exact) mass is 420 g/mol. The van der Waals surface area contributed by atoms with E-state index < -0.39 is 10.0 Å². The van der Waals surface area contributed by atoms with Crippen LogP contribution in [0.2, 0.25) is 0 Å². The van der Waals surface area contributed by atoms with Crippen molar-refractivity contribution in [1.29, 1.82) is 0 Å². The summed E-state index contributed by atoms with van der Waals surface area (Å²) in [4.78, 5) is 26.1. The van der Waals surface area contributed by atoms with Crippen LogP contribution in [0, 0.1) is 0 Å². The molecule has 2 amide bonds. The highest BCUT2D eigenvalue weighted by atomic mass is 32.2. The number of carbonyl (C=O) groups is 2. The van der Waals surface area contributed by atoms with E-state index in [0.717, 1.165) is 9.80 Å². The lowest BCUT2D eigenvalue weighted by atomic mass is 10.2. The van der Waals surface area contributed by atoms with Crippen molar-refractivity contribution in [1.82, 2.24) is 4.72 Å². The molecule has 1 N–H and O–H groups in total. The Morgan fingerprint density at radius 3 is 2.39 bits per heavy atom. The summed E-state index contributed by atoms with van der Waals surface area (Å²) in [7, 11) is -2.39. The van der Waals surface area contributed by atoms with Gasteiger partial charge in [0, 0.05) is 30.0 Å². The van der Waals surface area contributed by atoms with Gasteiger partial charge in [-0.1, -0.05) is 18.2 Å². The molecule has 0 aromatic heterocycles. The number of thioether (sulfide) groups is 1. The molecule has 9 heteroatoms. The highest BCUT2D eigenvalue weighted by molar-refractivity contribution is 7.99. The van der Waals surface area contributed by atoms with Crippen molar-refractivity contribution in [2.75, 3.05) is 24.3 Å². The van der Waals surface area contributed by atoms with Crippen LogP contribution in [0.1, 0.15) is 12.8 Å². The first-order chi connectivity index (χ1) is 13.4. The van der Waals surface area contributed by atoms with Crippen molar-refractivity contribution in [2.45, 2.75) is 22.6 Å². The Morgan fingerprint density at radius 1 is 1.07 bits per heavy atom. The number of methoxy groups -OCH3 is 1. The van der Waals surface area contributed by atoms with E-state index in [1.165, 1.54) is 25.3 Å². The molecule has 1 heterocycles. The van der Waals surface area contributed by atoms with Crippen molar-refractivity contribution >= 4 is 39.3 Å². The molecule has 0 aliphatic carbocycles. The first-order valence-corrected chi connectivity index (χ1v) is 11.1. The molecule has 0 radical (unpaired) electrons. The number of hydrogen-bond donors (Lipinski definition) is 1. The number of ether oxygens (including phenoxy) is 1. The first kappa shape index (κ1) is 20.4. The molecule has 148 valence electrons. The van der Waals surface area contributed by atoms with E-state index in [-0.39, 0.29) is 47.5 Å². The summed E-state index contributed by atoms with van der Waals surface area (Å²) < 4.78 is 33.0. The summed E-state index contributed by atoms with van der Waals surface area (Å²) in [6, 6.07) is 13.8. The zero-order chi connectivity index (χ0) is 20.1. The van der Waals surface area contributed by atoms with Gasteiger partial charge in [-0.25, -0.2) is 18.0 Å². The molecule has 0 atom stereocenters. The maximum Gasteiger partial charge on any atom is 0.240 e. The van der Waals surface area contributed by atoms with E-state index >= 15 is 0 Å². The topological polar surface area (TPSA) is 92.8 Å². The summed E-state index contributed by atoms with van der Waals surface area (Å²) >= 11 is 1.54. The summed E-state index contributed by atoms with van der Waals surface area (Å²) in [5.41, 5.74) is 0.150. The van der Waals surface area contributed by atoms with Crippen LogP contribution in [-0.2, 0) is 19.6 Å². The third-order valence-corrected chi connectivity index (χ3v) is 6.63. The lowest BCUT2D eigenvalue weighted by Gasteiger charge is -2.18. The average molecular weight is 421 g/mol. The minimum absolute atomic E-state index is 0.0273. The predicted octanol–water partition coefficient (Wildman–Crippen LogP) is 2.42. The Kier molecular flexibility index (Phi) is 6.38. The average Bonchev–Trinajstić information content (AvgIpc) is 3.03. The number of nitrogens with zero attached hydrogens (tertiary/aromatic N) is 1. The normalized spacial score (nSPS) is 14.5. The molecule has 0 saturated carbocycles. The molecule has 1 fully saturated rings. The SMILES string of the molecule is COc1ccc(S(=O)(=O)NCCSc2ccccc2)cc1N1C(=O)CCC1=O. The first-order valence-electron chi connectivity index (χ1n) is 8.64. The number of sulfonamides is 1. The van der Waals surface area contributed by atoms with Crippen LogP contribution in [0.25, 0.3) is 0 Å². The van der Waals surface area contributed by atoms with Crippen molar-refractivity contribution in [3.05, 3.63) is 48.5 Å². The van der Waals surface area contributed by atoms with Crippen molar-refractivity contribution in [2.24, 2.45) is 0 Å². The van der Waals surface area contributed by atoms with Gasteiger partial charge in [0.05, 0.1) is 17.7 Å². The zero-order valence-corrected chi connectivity index (χ0v) is 16.9. The van der Waals surface area contributed by atoms with Gasteiger partial charge in [0.1, 0.15) is 5.75 Å². The fourth-order valence-electron chi connectivity index (χ4n) is 2.80. The number of nitrogens with one attached hydrogen (secondary N) is 1. The van der Waals surface area contributed by atoms with E-state index in [0.29, 0.717) is 5.75 Å². The molecular formula is C19H20N2O5S2. The second-order valence-corrected chi connectivity index (χ2v) is 8.95. The van der Waals surface area contributed by atoms with Gasteiger partial charge >= 0.3 is 0 Å². The van der Waals surface area contributed by atoms with Gasteiger partial charge in [-0.15, -0.1) is 11.8 Å². The fourth-order valence-corrected chi connectivity index (χ4v) is 4.77. The number of rotatable bonds is 8. The van der Waals surface area contributed by atoms with E-state index in [4.69, 9.17) is 4.74 Å². The van der Waals surface area contributed by atoms with Crippen LogP contribution in [0.5, 0.6) is 5.75 Å². The quantitative estimate of drug-likeness (QED) is 0.401. The van der Waals surface area contributed by atoms with Gasteiger partial charge in [-0.3, -0.25) is 9.59 Å². The third-order valence-electron chi connectivity index (χ3n) is 4.16. The largest absolute Gasteiger partial charge is 0.495 e. The van der Waals surface area contributed by atoms with Crippen molar-refractivity contribution in [3.8, 4) is 5.75 Å². The smallest absolute Gasteiger partial charge is 0.240 e. The molecule has 0 unspecified atom stereocenters. The second-order valence-electron chi connectivity index (χ2n) is 6.02. The summed E-state index contributed by atoms with van der Waals surface area (Å²) in [5.74, 6) is 0.0901. The maximum absolute atomic E-state index is 12.6. The van der Waals surface area contributed by atoms with Crippen LogP contribution in [0.15, 0.2) is 58.3 Å². The molecule has 3 rings (SSSR count). The molecular weight excluding hydrogens is 400 g/mol. The molecule has 2 aromatic rings. The number of amides is 2. The van der Waals surface area contributed by atoms with Gasteiger partial charge in [0.15, 0.2) is 0 Å². The number of benzene rings is 2. The Balaban J connectivity index is 1.73. The second kappa shape index (κ2) is 8.76. The summed E-state index contributed by atoms with van der Waals surface area (Å²) in [6.45, 7) is 0.241. The third kappa shape index (κ3) is 4.54. The van der Waals surface area contributed by atoms with Gasteiger partial charge in [0.2, 0.25) is 21.8 Å². The minimum atomic E-state index is -3.79.